The molecule has 2 aromatic carbocycles. The maximum Gasteiger partial charge on any atom is 0.238 e. The Hall–Kier alpha value is -1.96. The first kappa shape index (κ1) is 17.5. The van der Waals surface area contributed by atoms with Crippen LogP contribution in [0, 0.1) is 5.82 Å². The summed E-state index contributed by atoms with van der Waals surface area (Å²) in [4.78, 5) is -0.265. The van der Waals surface area contributed by atoms with Crippen molar-refractivity contribution < 1.29 is 17.5 Å². The van der Waals surface area contributed by atoms with E-state index in [1.807, 2.05) is 18.2 Å². The number of ether oxygens (including phenoxy) is 1. The fourth-order valence-corrected chi connectivity index (χ4v) is 4.14. The van der Waals surface area contributed by atoms with Crippen molar-refractivity contribution in [2.75, 3.05) is 0 Å². The van der Waals surface area contributed by atoms with E-state index >= 15 is 0 Å². The van der Waals surface area contributed by atoms with Crippen LogP contribution in [0.3, 0.4) is 0 Å². The minimum absolute atomic E-state index is 0.0273. The zero-order chi connectivity index (χ0) is 18.3. The smallest absolute Gasteiger partial charge is 0.238 e. The number of primary sulfonamides is 1. The summed E-state index contributed by atoms with van der Waals surface area (Å²) in [5.41, 5.74) is 2.23. The third-order valence-electron chi connectivity index (χ3n) is 5.21. The molecule has 0 amide bonds. The van der Waals surface area contributed by atoms with Gasteiger partial charge >= 0.3 is 0 Å². The SMILES string of the molecule is NS(=O)(=O)c1ccc(O[C@@H]2c3ccccc3C[C@H]2NC2CCC2)c(F)c1. The highest BCUT2D eigenvalue weighted by molar-refractivity contribution is 7.89. The number of hydrogen-bond acceptors (Lipinski definition) is 4. The molecule has 0 spiro atoms. The molecule has 0 aliphatic heterocycles. The van der Waals surface area contributed by atoms with Crippen LogP contribution in [-0.2, 0) is 16.4 Å². The summed E-state index contributed by atoms with van der Waals surface area (Å²) < 4.78 is 43.2. The van der Waals surface area contributed by atoms with Crippen LogP contribution < -0.4 is 15.2 Å². The average molecular weight is 376 g/mol. The second-order valence-corrected chi connectivity index (χ2v) is 8.54. The first-order valence-electron chi connectivity index (χ1n) is 8.75. The van der Waals surface area contributed by atoms with Gasteiger partial charge in [0, 0.05) is 6.04 Å². The van der Waals surface area contributed by atoms with E-state index in [1.54, 1.807) is 0 Å². The van der Waals surface area contributed by atoms with E-state index < -0.39 is 15.8 Å². The van der Waals surface area contributed by atoms with Crippen molar-refractivity contribution in [2.45, 2.75) is 48.8 Å². The van der Waals surface area contributed by atoms with Crippen LogP contribution in [-0.4, -0.2) is 20.5 Å². The maximum atomic E-state index is 14.4. The van der Waals surface area contributed by atoms with Crippen molar-refractivity contribution in [2.24, 2.45) is 5.14 Å². The molecule has 1 saturated carbocycles. The molecule has 0 radical (unpaired) electrons. The van der Waals surface area contributed by atoms with E-state index in [4.69, 9.17) is 9.88 Å². The molecule has 3 N–H and O–H groups in total. The molecule has 4 rings (SSSR count). The van der Waals surface area contributed by atoms with Crippen molar-refractivity contribution in [1.29, 1.82) is 0 Å². The standard InChI is InChI=1S/C19H21FN2O3S/c20-16-11-14(26(21,23)24)8-9-18(16)25-19-15-7-2-1-4-12(15)10-17(19)22-13-5-3-6-13/h1-2,4,7-9,11,13,17,19,22H,3,5-6,10H2,(H2,21,23,24)/t17-,19-/m1/s1. The van der Waals surface area contributed by atoms with Crippen LogP contribution >= 0.6 is 0 Å². The number of hydrogen-bond donors (Lipinski definition) is 2. The minimum atomic E-state index is -3.95. The molecule has 0 aromatic heterocycles. The molecule has 2 aliphatic rings. The second kappa shape index (κ2) is 6.64. The van der Waals surface area contributed by atoms with Gasteiger partial charge in [0.1, 0.15) is 6.10 Å². The molecule has 7 heteroatoms. The molecule has 26 heavy (non-hydrogen) atoms. The summed E-state index contributed by atoms with van der Waals surface area (Å²) in [6, 6.07) is 12.0. The van der Waals surface area contributed by atoms with Gasteiger partial charge in [0.25, 0.3) is 0 Å². The summed E-state index contributed by atoms with van der Waals surface area (Å²) in [5.74, 6) is -0.706. The lowest BCUT2D eigenvalue weighted by Crippen LogP contribution is -2.45. The van der Waals surface area contributed by atoms with E-state index in [9.17, 15) is 12.8 Å². The van der Waals surface area contributed by atoms with Crippen LogP contribution in [0.5, 0.6) is 5.75 Å². The lowest BCUT2D eigenvalue weighted by atomic mass is 9.92. The number of rotatable bonds is 5. The van der Waals surface area contributed by atoms with Gasteiger partial charge in [-0.25, -0.2) is 17.9 Å². The quantitative estimate of drug-likeness (QED) is 0.841. The van der Waals surface area contributed by atoms with Gasteiger partial charge in [-0.15, -0.1) is 0 Å². The van der Waals surface area contributed by atoms with Gasteiger partial charge in [-0.05, 0) is 48.6 Å². The molecule has 0 saturated heterocycles. The monoisotopic (exact) mass is 376 g/mol. The Balaban J connectivity index is 1.61. The Labute approximate surface area is 152 Å². The van der Waals surface area contributed by atoms with Crippen LogP contribution in [0.4, 0.5) is 4.39 Å². The Morgan fingerprint density at radius 1 is 1.15 bits per heavy atom. The Bertz CT molecular complexity index is 928. The number of halogens is 1. The summed E-state index contributed by atoms with van der Waals surface area (Å²) in [6.07, 6.45) is 4.04. The number of fused-ring (bicyclic) bond motifs is 1. The Kier molecular flexibility index (Phi) is 4.46. The van der Waals surface area contributed by atoms with E-state index in [0.717, 1.165) is 30.9 Å². The van der Waals surface area contributed by atoms with Crippen molar-refractivity contribution in [3.05, 3.63) is 59.4 Å². The lowest BCUT2D eigenvalue weighted by Gasteiger charge is -2.32. The van der Waals surface area contributed by atoms with E-state index in [0.29, 0.717) is 6.04 Å². The lowest BCUT2D eigenvalue weighted by molar-refractivity contribution is 0.142. The minimum Gasteiger partial charge on any atom is -0.481 e. The predicted octanol–water partition coefficient (Wildman–Crippen LogP) is 2.66. The first-order valence-corrected chi connectivity index (χ1v) is 10.3. The average Bonchev–Trinajstić information content (AvgIpc) is 2.89. The molecule has 2 aromatic rings. The van der Waals surface area contributed by atoms with Crippen LogP contribution in [0.1, 0.15) is 36.5 Å². The Morgan fingerprint density at radius 3 is 2.58 bits per heavy atom. The van der Waals surface area contributed by atoms with E-state index in [-0.39, 0.29) is 22.8 Å². The van der Waals surface area contributed by atoms with Crippen LogP contribution in [0.2, 0.25) is 0 Å². The molecule has 0 unspecified atom stereocenters. The Morgan fingerprint density at radius 2 is 1.92 bits per heavy atom. The third kappa shape index (κ3) is 3.34. The zero-order valence-electron chi connectivity index (χ0n) is 14.2. The van der Waals surface area contributed by atoms with E-state index in [1.165, 1.54) is 24.1 Å². The van der Waals surface area contributed by atoms with Gasteiger partial charge in [-0.2, -0.15) is 0 Å². The molecule has 5 nitrogen and oxygen atoms in total. The second-order valence-electron chi connectivity index (χ2n) is 6.98. The highest BCUT2D eigenvalue weighted by Gasteiger charge is 2.36. The van der Waals surface area contributed by atoms with Crippen molar-refractivity contribution in [3.8, 4) is 5.75 Å². The van der Waals surface area contributed by atoms with Gasteiger partial charge in [0.2, 0.25) is 10.0 Å². The fourth-order valence-electron chi connectivity index (χ4n) is 3.62. The first-order chi connectivity index (χ1) is 12.4. The molecule has 2 aliphatic carbocycles. The molecule has 138 valence electrons. The molecule has 1 fully saturated rings. The third-order valence-corrected chi connectivity index (χ3v) is 6.12. The molecular formula is C19H21FN2O3S. The van der Waals surface area contributed by atoms with E-state index in [2.05, 4.69) is 11.4 Å². The van der Waals surface area contributed by atoms with Crippen molar-refractivity contribution in [1.82, 2.24) is 5.32 Å². The van der Waals surface area contributed by atoms with Crippen molar-refractivity contribution in [3.63, 3.8) is 0 Å². The molecule has 2 atom stereocenters. The van der Waals surface area contributed by atoms with Gasteiger partial charge < -0.3 is 10.1 Å². The van der Waals surface area contributed by atoms with Gasteiger partial charge in [0.05, 0.1) is 10.9 Å². The number of benzene rings is 2. The largest absolute Gasteiger partial charge is 0.481 e. The highest BCUT2D eigenvalue weighted by atomic mass is 32.2. The highest BCUT2D eigenvalue weighted by Crippen LogP contribution is 2.37. The number of nitrogens with one attached hydrogen (secondary N) is 1. The van der Waals surface area contributed by atoms with Crippen LogP contribution in [0.15, 0.2) is 47.4 Å². The summed E-state index contributed by atoms with van der Waals surface area (Å²) in [7, 11) is -3.95. The normalized spacial score (nSPS) is 22.7. The molecule has 0 heterocycles. The predicted molar refractivity (Wildman–Crippen MR) is 95.9 cm³/mol. The van der Waals surface area contributed by atoms with Crippen LogP contribution in [0.25, 0.3) is 0 Å². The zero-order valence-corrected chi connectivity index (χ0v) is 15.0. The van der Waals surface area contributed by atoms with Gasteiger partial charge in [-0.1, -0.05) is 30.7 Å². The number of nitrogens with two attached hydrogens (primary N) is 1. The number of sulfonamides is 1. The maximum absolute atomic E-state index is 14.4. The molecule has 0 bridgehead atoms. The van der Waals surface area contributed by atoms with Gasteiger partial charge in [0.15, 0.2) is 11.6 Å². The summed E-state index contributed by atoms with van der Waals surface area (Å²) in [6.45, 7) is 0. The van der Waals surface area contributed by atoms with Crippen molar-refractivity contribution >= 4 is 10.0 Å². The topological polar surface area (TPSA) is 81.4 Å². The summed E-state index contributed by atoms with van der Waals surface area (Å²) >= 11 is 0. The molecular weight excluding hydrogens is 355 g/mol. The van der Waals surface area contributed by atoms with Gasteiger partial charge in [-0.3, -0.25) is 0 Å². The summed E-state index contributed by atoms with van der Waals surface area (Å²) in [5, 5.41) is 8.68. The fraction of sp³-hybridized carbons (Fsp3) is 0.368.